The van der Waals surface area contributed by atoms with Crippen LogP contribution < -0.4 is 5.32 Å². The zero-order valence-corrected chi connectivity index (χ0v) is 11.0. The van der Waals surface area contributed by atoms with Crippen LogP contribution in [0, 0.1) is 6.92 Å². The molecular formula is C12H17NO3S. The van der Waals surface area contributed by atoms with Crippen molar-refractivity contribution in [3.63, 3.8) is 0 Å². The minimum Gasteiger partial charge on any atom is -0.358 e. The first-order chi connectivity index (χ1) is 7.86. The number of carbonyl (C=O) groups excluding carboxylic acids is 1. The summed E-state index contributed by atoms with van der Waals surface area (Å²) >= 11 is 0. The molecule has 0 radical (unpaired) electrons. The van der Waals surface area contributed by atoms with Crippen molar-refractivity contribution in [2.45, 2.75) is 24.9 Å². The Morgan fingerprint density at radius 2 is 2.06 bits per heavy atom. The van der Waals surface area contributed by atoms with Crippen LogP contribution in [0.4, 0.5) is 0 Å². The highest BCUT2D eigenvalue weighted by Crippen LogP contribution is 2.12. The molecular weight excluding hydrogens is 238 g/mol. The maximum Gasteiger partial charge on any atom is 0.237 e. The molecule has 1 aromatic rings. The lowest BCUT2D eigenvalue weighted by atomic mass is 10.2. The zero-order valence-electron chi connectivity index (χ0n) is 10.2. The van der Waals surface area contributed by atoms with Gasteiger partial charge in [-0.2, -0.15) is 0 Å². The summed E-state index contributed by atoms with van der Waals surface area (Å²) in [5.74, 6) is -0.582. The number of rotatable bonds is 4. The SMILES string of the molecule is CNC(=O)C(C)S(=O)(=O)Cc1cccc(C)c1. The summed E-state index contributed by atoms with van der Waals surface area (Å²) in [6, 6.07) is 7.28. The molecule has 17 heavy (non-hydrogen) atoms. The molecule has 0 saturated heterocycles. The van der Waals surface area contributed by atoms with E-state index in [2.05, 4.69) is 5.32 Å². The van der Waals surface area contributed by atoms with Gasteiger partial charge < -0.3 is 5.32 Å². The number of nitrogens with one attached hydrogen (secondary N) is 1. The van der Waals surface area contributed by atoms with Crippen molar-refractivity contribution in [3.05, 3.63) is 35.4 Å². The first kappa shape index (κ1) is 13.7. The Morgan fingerprint density at radius 1 is 1.41 bits per heavy atom. The van der Waals surface area contributed by atoms with Gasteiger partial charge in [0.2, 0.25) is 5.91 Å². The van der Waals surface area contributed by atoms with Crippen molar-refractivity contribution in [1.29, 1.82) is 0 Å². The van der Waals surface area contributed by atoms with E-state index in [1.165, 1.54) is 14.0 Å². The first-order valence-corrected chi connectivity index (χ1v) is 7.07. The van der Waals surface area contributed by atoms with Crippen LogP contribution >= 0.6 is 0 Å². The van der Waals surface area contributed by atoms with E-state index >= 15 is 0 Å². The van der Waals surface area contributed by atoms with Gasteiger partial charge in [-0.05, 0) is 19.4 Å². The second kappa shape index (κ2) is 5.31. The number of amides is 1. The van der Waals surface area contributed by atoms with E-state index < -0.39 is 21.0 Å². The first-order valence-electron chi connectivity index (χ1n) is 5.35. The molecule has 0 aliphatic heterocycles. The van der Waals surface area contributed by atoms with E-state index in [9.17, 15) is 13.2 Å². The van der Waals surface area contributed by atoms with Crippen molar-refractivity contribution in [2.75, 3.05) is 7.05 Å². The third-order valence-corrected chi connectivity index (χ3v) is 4.63. The lowest BCUT2D eigenvalue weighted by Crippen LogP contribution is -2.36. The Balaban J connectivity index is 2.90. The van der Waals surface area contributed by atoms with Crippen molar-refractivity contribution in [2.24, 2.45) is 0 Å². The van der Waals surface area contributed by atoms with E-state index in [4.69, 9.17) is 0 Å². The van der Waals surface area contributed by atoms with Gasteiger partial charge in [0, 0.05) is 7.05 Å². The van der Waals surface area contributed by atoms with Crippen molar-refractivity contribution < 1.29 is 13.2 Å². The quantitative estimate of drug-likeness (QED) is 0.874. The highest BCUT2D eigenvalue weighted by molar-refractivity contribution is 7.92. The fraction of sp³-hybridized carbons (Fsp3) is 0.417. The third kappa shape index (κ3) is 3.56. The van der Waals surface area contributed by atoms with Crippen molar-refractivity contribution in [3.8, 4) is 0 Å². The third-order valence-electron chi connectivity index (χ3n) is 2.60. The molecule has 0 heterocycles. The minimum atomic E-state index is -3.45. The van der Waals surface area contributed by atoms with E-state index in [0.717, 1.165) is 5.56 Å². The standard InChI is InChI=1S/C12H17NO3S/c1-9-5-4-6-11(7-9)8-17(15,16)10(2)12(14)13-3/h4-7,10H,8H2,1-3H3,(H,13,14). The van der Waals surface area contributed by atoms with E-state index in [1.807, 2.05) is 25.1 Å². The Kier molecular flexibility index (Phi) is 4.28. The highest BCUT2D eigenvalue weighted by Gasteiger charge is 2.27. The number of hydrogen-bond donors (Lipinski definition) is 1. The maximum absolute atomic E-state index is 12.0. The lowest BCUT2D eigenvalue weighted by molar-refractivity contribution is -0.119. The molecule has 1 rings (SSSR count). The largest absolute Gasteiger partial charge is 0.358 e. The van der Waals surface area contributed by atoms with Gasteiger partial charge in [-0.3, -0.25) is 4.79 Å². The second-order valence-corrected chi connectivity index (χ2v) is 6.37. The minimum absolute atomic E-state index is 0.108. The molecule has 5 heteroatoms. The number of aryl methyl sites for hydroxylation is 1. The normalized spacial score (nSPS) is 13.1. The fourth-order valence-electron chi connectivity index (χ4n) is 1.53. The molecule has 1 unspecified atom stereocenters. The number of sulfone groups is 1. The molecule has 1 amide bonds. The van der Waals surface area contributed by atoms with Crippen LogP contribution in [-0.2, 0) is 20.4 Å². The van der Waals surface area contributed by atoms with Crippen LogP contribution in [0.25, 0.3) is 0 Å². The molecule has 94 valence electrons. The van der Waals surface area contributed by atoms with E-state index in [-0.39, 0.29) is 5.75 Å². The zero-order chi connectivity index (χ0) is 13.1. The number of carbonyl (C=O) groups is 1. The average Bonchev–Trinajstić information content (AvgIpc) is 2.26. The van der Waals surface area contributed by atoms with Gasteiger partial charge in [-0.15, -0.1) is 0 Å². The predicted octanol–water partition coefficient (Wildman–Crippen LogP) is 1.04. The van der Waals surface area contributed by atoms with Crippen molar-refractivity contribution in [1.82, 2.24) is 5.32 Å². The van der Waals surface area contributed by atoms with Gasteiger partial charge in [-0.1, -0.05) is 29.8 Å². The molecule has 1 atom stereocenters. The number of benzene rings is 1. The van der Waals surface area contributed by atoms with Crippen LogP contribution in [0.5, 0.6) is 0 Å². The van der Waals surface area contributed by atoms with Gasteiger partial charge >= 0.3 is 0 Å². The molecule has 0 bridgehead atoms. The van der Waals surface area contributed by atoms with Gasteiger partial charge in [0.25, 0.3) is 0 Å². The van der Waals surface area contributed by atoms with Gasteiger partial charge in [0.05, 0.1) is 5.75 Å². The smallest absolute Gasteiger partial charge is 0.237 e. The van der Waals surface area contributed by atoms with Gasteiger partial charge in [-0.25, -0.2) is 8.42 Å². The Bertz CT molecular complexity index is 508. The molecule has 0 spiro atoms. The summed E-state index contributed by atoms with van der Waals surface area (Å²) in [5.41, 5.74) is 1.71. The second-order valence-electron chi connectivity index (χ2n) is 4.05. The molecule has 0 saturated carbocycles. The Hall–Kier alpha value is -1.36. The summed E-state index contributed by atoms with van der Waals surface area (Å²) in [4.78, 5) is 11.3. The molecule has 1 N–H and O–H groups in total. The summed E-state index contributed by atoms with van der Waals surface area (Å²) < 4.78 is 23.9. The monoisotopic (exact) mass is 255 g/mol. The van der Waals surface area contributed by atoms with E-state index in [0.29, 0.717) is 5.56 Å². The Morgan fingerprint density at radius 3 is 2.59 bits per heavy atom. The van der Waals surface area contributed by atoms with Crippen LogP contribution in [0.3, 0.4) is 0 Å². The summed E-state index contributed by atoms with van der Waals surface area (Å²) in [6.07, 6.45) is 0. The van der Waals surface area contributed by atoms with Gasteiger partial charge in [0.15, 0.2) is 9.84 Å². The van der Waals surface area contributed by atoms with Crippen LogP contribution in [0.1, 0.15) is 18.1 Å². The molecule has 0 aromatic heterocycles. The maximum atomic E-state index is 12.0. The number of hydrogen-bond acceptors (Lipinski definition) is 3. The van der Waals surface area contributed by atoms with Crippen LogP contribution in [-0.4, -0.2) is 26.6 Å². The molecule has 1 aromatic carbocycles. The van der Waals surface area contributed by atoms with Crippen LogP contribution in [0.15, 0.2) is 24.3 Å². The Labute approximate surface area is 102 Å². The molecule has 0 aliphatic rings. The molecule has 4 nitrogen and oxygen atoms in total. The fourth-order valence-corrected chi connectivity index (χ4v) is 2.86. The topological polar surface area (TPSA) is 63.2 Å². The molecule has 0 fully saturated rings. The lowest BCUT2D eigenvalue weighted by Gasteiger charge is -2.11. The van der Waals surface area contributed by atoms with Gasteiger partial charge in [0.1, 0.15) is 5.25 Å². The predicted molar refractivity (Wildman–Crippen MR) is 67.3 cm³/mol. The van der Waals surface area contributed by atoms with Crippen molar-refractivity contribution >= 4 is 15.7 Å². The summed E-state index contributed by atoms with van der Waals surface area (Å²) in [5, 5.41) is 1.33. The van der Waals surface area contributed by atoms with E-state index in [1.54, 1.807) is 6.07 Å². The highest BCUT2D eigenvalue weighted by atomic mass is 32.2. The summed E-state index contributed by atoms with van der Waals surface area (Å²) in [7, 11) is -2.02. The summed E-state index contributed by atoms with van der Waals surface area (Å²) in [6.45, 7) is 3.31. The average molecular weight is 255 g/mol. The van der Waals surface area contributed by atoms with Crippen LogP contribution in [0.2, 0.25) is 0 Å². The molecule has 0 aliphatic carbocycles.